The number of hydrogen-bond acceptors (Lipinski definition) is 1. The van der Waals surface area contributed by atoms with E-state index in [4.69, 9.17) is 11.6 Å². The molecule has 4 heteroatoms. The minimum Gasteiger partial charge on any atom is -0.481 e. The fraction of sp³-hybridized carbons (Fsp3) is 0.133. The first-order valence-electron chi connectivity index (χ1n) is 5.80. The van der Waals surface area contributed by atoms with Crippen molar-refractivity contribution in [2.24, 2.45) is 0 Å². The number of carbonyl (C=O) groups is 1. The van der Waals surface area contributed by atoms with Gasteiger partial charge in [-0.3, -0.25) is 4.79 Å². The third-order valence-corrected chi connectivity index (χ3v) is 3.26. The highest BCUT2D eigenvalue weighted by Crippen LogP contribution is 2.30. The van der Waals surface area contributed by atoms with Crippen LogP contribution in [0.1, 0.15) is 17.0 Å². The lowest BCUT2D eigenvalue weighted by atomic mass is 9.91. The summed E-state index contributed by atoms with van der Waals surface area (Å²) in [6.07, 6.45) is 0.205. The molecule has 98 valence electrons. The first-order valence-corrected chi connectivity index (χ1v) is 6.18. The number of rotatable bonds is 4. The molecular weight excluding hydrogens is 267 g/mol. The topological polar surface area (TPSA) is 37.3 Å². The van der Waals surface area contributed by atoms with Crippen LogP contribution in [0.15, 0.2) is 48.5 Å². The van der Waals surface area contributed by atoms with Crippen LogP contribution in [0.2, 0.25) is 5.02 Å². The Morgan fingerprint density at radius 1 is 1.16 bits per heavy atom. The lowest BCUT2D eigenvalue weighted by Gasteiger charge is -2.15. The van der Waals surface area contributed by atoms with Gasteiger partial charge in [0, 0.05) is 10.6 Å². The summed E-state index contributed by atoms with van der Waals surface area (Å²) in [6, 6.07) is 13.3. The van der Waals surface area contributed by atoms with Gasteiger partial charge in [-0.15, -0.1) is 0 Å². The molecule has 19 heavy (non-hydrogen) atoms. The van der Waals surface area contributed by atoms with Crippen LogP contribution in [0.5, 0.6) is 0 Å². The quantitative estimate of drug-likeness (QED) is 0.921. The lowest BCUT2D eigenvalue weighted by molar-refractivity contribution is -0.138. The molecule has 2 rings (SSSR count). The molecule has 0 fully saturated rings. The summed E-state index contributed by atoms with van der Waals surface area (Å²) < 4.78 is 13.8. The highest BCUT2D eigenvalue weighted by Gasteiger charge is 2.25. The molecule has 0 radical (unpaired) electrons. The van der Waals surface area contributed by atoms with E-state index in [9.17, 15) is 14.3 Å². The molecule has 1 atom stereocenters. The van der Waals surface area contributed by atoms with E-state index < -0.39 is 17.7 Å². The summed E-state index contributed by atoms with van der Waals surface area (Å²) in [6.45, 7) is 0. The van der Waals surface area contributed by atoms with Crippen molar-refractivity contribution in [3.63, 3.8) is 0 Å². The molecular formula is C15H12ClFO2. The van der Waals surface area contributed by atoms with E-state index in [-0.39, 0.29) is 17.0 Å². The van der Waals surface area contributed by atoms with Gasteiger partial charge in [0.1, 0.15) is 5.82 Å². The number of carboxylic acid groups (broad SMARTS) is 1. The number of halogens is 2. The molecule has 2 nitrogen and oxygen atoms in total. The van der Waals surface area contributed by atoms with Gasteiger partial charge in [0.05, 0.1) is 5.92 Å². The molecule has 0 aliphatic rings. The monoisotopic (exact) mass is 278 g/mol. The third kappa shape index (κ3) is 3.12. The summed E-state index contributed by atoms with van der Waals surface area (Å²) >= 11 is 5.93. The maximum Gasteiger partial charge on any atom is 0.311 e. The highest BCUT2D eigenvalue weighted by atomic mass is 35.5. The second kappa shape index (κ2) is 5.85. The van der Waals surface area contributed by atoms with E-state index in [1.54, 1.807) is 0 Å². The maximum atomic E-state index is 13.8. The van der Waals surface area contributed by atoms with Crippen molar-refractivity contribution in [1.29, 1.82) is 0 Å². The Hall–Kier alpha value is -1.87. The zero-order valence-electron chi connectivity index (χ0n) is 10.0. The van der Waals surface area contributed by atoms with Crippen molar-refractivity contribution in [3.05, 3.63) is 70.5 Å². The van der Waals surface area contributed by atoms with Crippen LogP contribution in [0.4, 0.5) is 4.39 Å². The number of benzene rings is 2. The minimum absolute atomic E-state index is 0.0421. The summed E-state index contributed by atoms with van der Waals surface area (Å²) in [5.41, 5.74) is 0.870. The van der Waals surface area contributed by atoms with E-state index in [1.807, 2.05) is 30.3 Å². The largest absolute Gasteiger partial charge is 0.481 e. The van der Waals surface area contributed by atoms with E-state index >= 15 is 0 Å². The average molecular weight is 279 g/mol. The van der Waals surface area contributed by atoms with Gasteiger partial charge in [0.15, 0.2) is 0 Å². The maximum absolute atomic E-state index is 13.8. The first kappa shape index (κ1) is 13.6. The van der Waals surface area contributed by atoms with E-state index in [0.717, 1.165) is 5.56 Å². The lowest BCUT2D eigenvalue weighted by Crippen LogP contribution is -2.16. The Morgan fingerprint density at radius 2 is 1.84 bits per heavy atom. The number of carboxylic acids is 1. The van der Waals surface area contributed by atoms with Crippen molar-refractivity contribution in [2.45, 2.75) is 12.3 Å². The normalized spacial score (nSPS) is 12.1. The van der Waals surface area contributed by atoms with Gasteiger partial charge < -0.3 is 5.11 Å². The van der Waals surface area contributed by atoms with E-state index in [0.29, 0.717) is 0 Å². The number of aliphatic carboxylic acids is 1. The van der Waals surface area contributed by atoms with Crippen molar-refractivity contribution in [2.75, 3.05) is 0 Å². The predicted octanol–water partition coefficient (Wildman–Crippen LogP) is 3.89. The van der Waals surface area contributed by atoms with Gasteiger partial charge in [-0.25, -0.2) is 4.39 Å². The van der Waals surface area contributed by atoms with E-state index in [2.05, 4.69) is 0 Å². The molecule has 0 heterocycles. The van der Waals surface area contributed by atoms with Crippen LogP contribution in [0, 0.1) is 5.82 Å². The summed E-state index contributed by atoms with van der Waals surface area (Å²) in [4.78, 5) is 11.4. The molecule has 0 saturated carbocycles. The Bertz CT molecular complexity index is 564. The predicted molar refractivity (Wildman–Crippen MR) is 71.9 cm³/mol. The smallest absolute Gasteiger partial charge is 0.311 e. The van der Waals surface area contributed by atoms with Crippen LogP contribution < -0.4 is 0 Å². The SMILES string of the molecule is O=C(O)C(Cc1ccccc1)c1c(F)cccc1Cl. The molecule has 0 aromatic heterocycles. The highest BCUT2D eigenvalue weighted by molar-refractivity contribution is 6.31. The van der Waals surface area contributed by atoms with Crippen LogP contribution in [-0.4, -0.2) is 11.1 Å². The molecule has 0 spiro atoms. The van der Waals surface area contributed by atoms with Gasteiger partial charge in [-0.1, -0.05) is 48.0 Å². The second-order valence-corrected chi connectivity index (χ2v) is 4.62. The van der Waals surface area contributed by atoms with E-state index in [1.165, 1.54) is 18.2 Å². The summed E-state index contributed by atoms with van der Waals surface area (Å²) in [5, 5.41) is 9.45. The van der Waals surface area contributed by atoms with Gasteiger partial charge >= 0.3 is 5.97 Å². The van der Waals surface area contributed by atoms with Crippen molar-refractivity contribution >= 4 is 17.6 Å². The van der Waals surface area contributed by atoms with Crippen molar-refractivity contribution < 1.29 is 14.3 Å². The molecule has 0 saturated heterocycles. The van der Waals surface area contributed by atoms with Gasteiger partial charge in [0.2, 0.25) is 0 Å². The Morgan fingerprint density at radius 3 is 2.42 bits per heavy atom. The fourth-order valence-electron chi connectivity index (χ4n) is 2.01. The van der Waals surface area contributed by atoms with Crippen LogP contribution in [-0.2, 0) is 11.2 Å². The second-order valence-electron chi connectivity index (χ2n) is 4.22. The van der Waals surface area contributed by atoms with Crippen LogP contribution >= 0.6 is 11.6 Å². The van der Waals surface area contributed by atoms with Gasteiger partial charge in [-0.05, 0) is 24.1 Å². The van der Waals surface area contributed by atoms with Crippen molar-refractivity contribution in [1.82, 2.24) is 0 Å². The van der Waals surface area contributed by atoms with Gasteiger partial charge in [-0.2, -0.15) is 0 Å². The van der Waals surface area contributed by atoms with Crippen LogP contribution in [0.25, 0.3) is 0 Å². The fourth-order valence-corrected chi connectivity index (χ4v) is 2.30. The molecule has 0 bridgehead atoms. The van der Waals surface area contributed by atoms with Gasteiger partial charge in [0.25, 0.3) is 0 Å². The molecule has 0 aliphatic carbocycles. The molecule has 2 aromatic rings. The Kier molecular flexibility index (Phi) is 4.17. The first-order chi connectivity index (χ1) is 9.09. The molecule has 0 aliphatic heterocycles. The molecule has 1 N–H and O–H groups in total. The molecule has 1 unspecified atom stereocenters. The average Bonchev–Trinajstić information content (AvgIpc) is 2.38. The third-order valence-electron chi connectivity index (χ3n) is 2.93. The number of hydrogen-bond donors (Lipinski definition) is 1. The Labute approximate surface area is 115 Å². The zero-order valence-corrected chi connectivity index (χ0v) is 10.8. The van der Waals surface area contributed by atoms with Crippen LogP contribution in [0.3, 0.4) is 0 Å². The molecule has 2 aromatic carbocycles. The standard InChI is InChI=1S/C15H12ClFO2/c16-12-7-4-8-13(17)14(12)11(15(18)19)9-10-5-2-1-3-6-10/h1-8,11H,9H2,(H,18,19). The summed E-state index contributed by atoms with van der Waals surface area (Å²) in [5.74, 6) is -2.66. The minimum atomic E-state index is -1.09. The summed E-state index contributed by atoms with van der Waals surface area (Å²) in [7, 11) is 0. The zero-order chi connectivity index (χ0) is 13.8. The van der Waals surface area contributed by atoms with Crippen molar-refractivity contribution in [3.8, 4) is 0 Å². The molecule has 0 amide bonds. The Balaban J connectivity index is 2.39.